The van der Waals surface area contributed by atoms with Crippen molar-refractivity contribution >= 4 is 5.78 Å². The molecule has 1 unspecified atom stereocenters. The first-order valence-corrected chi connectivity index (χ1v) is 4.48. The van der Waals surface area contributed by atoms with Crippen molar-refractivity contribution in [3.8, 4) is 0 Å². The Balaban J connectivity index is 2.28. The SMILES string of the molecule is COCC(C)N1CCC(=O)CC1. The third-order valence-corrected chi connectivity index (χ3v) is 2.39. The molecule has 0 N–H and O–H groups in total. The molecule has 0 radical (unpaired) electrons. The number of piperidine rings is 1. The van der Waals surface area contributed by atoms with Crippen LogP contribution in [0.25, 0.3) is 0 Å². The molecule has 0 saturated carbocycles. The van der Waals surface area contributed by atoms with Crippen molar-refractivity contribution < 1.29 is 9.53 Å². The Labute approximate surface area is 73.7 Å². The molecule has 0 spiro atoms. The standard InChI is InChI=1S/C9H17NO2/c1-8(7-12-2)10-5-3-9(11)4-6-10/h8H,3-7H2,1-2H3. The van der Waals surface area contributed by atoms with Crippen LogP contribution in [0.4, 0.5) is 0 Å². The Morgan fingerprint density at radius 3 is 2.58 bits per heavy atom. The van der Waals surface area contributed by atoms with Gasteiger partial charge in [-0.1, -0.05) is 0 Å². The molecular weight excluding hydrogens is 154 g/mol. The lowest BCUT2D eigenvalue weighted by atomic mass is 10.1. The largest absolute Gasteiger partial charge is 0.383 e. The number of ether oxygens (including phenoxy) is 1. The van der Waals surface area contributed by atoms with E-state index in [1.54, 1.807) is 7.11 Å². The molecule has 0 aromatic heterocycles. The zero-order valence-corrected chi connectivity index (χ0v) is 7.88. The van der Waals surface area contributed by atoms with Crippen LogP contribution in [0.1, 0.15) is 19.8 Å². The summed E-state index contributed by atoms with van der Waals surface area (Å²) in [6.07, 6.45) is 1.43. The second-order valence-corrected chi connectivity index (χ2v) is 3.38. The Hall–Kier alpha value is -0.410. The minimum absolute atomic E-state index is 0.399. The molecule has 1 saturated heterocycles. The van der Waals surface area contributed by atoms with Gasteiger partial charge in [-0.3, -0.25) is 9.69 Å². The maximum atomic E-state index is 10.9. The summed E-state index contributed by atoms with van der Waals surface area (Å²) in [6, 6.07) is 0.447. The first kappa shape index (κ1) is 9.68. The Kier molecular flexibility index (Phi) is 3.69. The third kappa shape index (κ3) is 2.57. The number of Topliss-reactive ketones (excluding diaryl/α,β-unsaturated/α-hetero) is 1. The Morgan fingerprint density at radius 2 is 2.08 bits per heavy atom. The van der Waals surface area contributed by atoms with Gasteiger partial charge in [0.1, 0.15) is 5.78 Å². The average Bonchev–Trinajstić information content (AvgIpc) is 2.06. The normalized spacial score (nSPS) is 22.7. The van der Waals surface area contributed by atoms with Crippen LogP contribution in [0, 0.1) is 0 Å². The Morgan fingerprint density at radius 1 is 1.50 bits per heavy atom. The van der Waals surface area contributed by atoms with Crippen LogP contribution in [0.15, 0.2) is 0 Å². The molecule has 12 heavy (non-hydrogen) atoms. The van der Waals surface area contributed by atoms with Crippen molar-refractivity contribution in [3.63, 3.8) is 0 Å². The van der Waals surface area contributed by atoms with Gasteiger partial charge in [0.25, 0.3) is 0 Å². The summed E-state index contributed by atoms with van der Waals surface area (Å²) in [4.78, 5) is 13.2. The van der Waals surface area contributed by atoms with Gasteiger partial charge in [-0.2, -0.15) is 0 Å². The molecule has 0 aromatic carbocycles. The number of nitrogens with zero attached hydrogens (tertiary/aromatic N) is 1. The van der Waals surface area contributed by atoms with Gasteiger partial charge in [-0.15, -0.1) is 0 Å². The van der Waals surface area contributed by atoms with Crippen LogP contribution in [0.3, 0.4) is 0 Å². The lowest BCUT2D eigenvalue weighted by molar-refractivity contribution is -0.122. The van der Waals surface area contributed by atoms with Crippen LogP contribution in [0.2, 0.25) is 0 Å². The van der Waals surface area contributed by atoms with Gasteiger partial charge in [-0.25, -0.2) is 0 Å². The number of rotatable bonds is 3. The zero-order chi connectivity index (χ0) is 8.97. The molecular formula is C9H17NO2. The van der Waals surface area contributed by atoms with Gasteiger partial charge >= 0.3 is 0 Å². The number of hydrogen-bond donors (Lipinski definition) is 0. The van der Waals surface area contributed by atoms with E-state index < -0.39 is 0 Å². The summed E-state index contributed by atoms with van der Waals surface area (Å²) >= 11 is 0. The maximum Gasteiger partial charge on any atom is 0.135 e. The highest BCUT2D eigenvalue weighted by atomic mass is 16.5. The summed E-state index contributed by atoms with van der Waals surface area (Å²) < 4.78 is 5.06. The highest BCUT2D eigenvalue weighted by molar-refractivity contribution is 5.79. The van der Waals surface area contributed by atoms with E-state index >= 15 is 0 Å². The van der Waals surface area contributed by atoms with Gasteiger partial charge in [0.2, 0.25) is 0 Å². The van der Waals surface area contributed by atoms with Crippen molar-refractivity contribution in [1.82, 2.24) is 4.90 Å². The van der Waals surface area contributed by atoms with E-state index in [0.717, 1.165) is 19.7 Å². The van der Waals surface area contributed by atoms with Gasteiger partial charge in [-0.05, 0) is 6.92 Å². The predicted octanol–water partition coefficient (Wildman–Crippen LogP) is 0.686. The van der Waals surface area contributed by atoms with Crippen molar-refractivity contribution in [2.75, 3.05) is 26.8 Å². The highest BCUT2D eigenvalue weighted by Gasteiger charge is 2.19. The van der Waals surface area contributed by atoms with Crippen LogP contribution in [-0.4, -0.2) is 43.5 Å². The summed E-state index contributed by atoms with van der Waals surface area (Å²) in [5.41, 5.74) is 0. The fourth-order valence-corrected chi connectivity index (χ4v) is 1.56. The van der Waals surface area contributed by atoms with Crippen LogP contribution in [0.5, 0.6) is 0 Å². The van der Waals surface area contributed by atoms with Crippen molar-refractivity contribution in [2.24, 2.45) is 0 Å². The Bertz CT molecular complexity index is 149. The van der Waals surface area contributed by atoms with Crippen molar-refractivity contribution in [1.29, 1.82) is 0 Å². The van der Waals surface area contributed by atoms with Gasteiger partial charge < -0.3 is 4.74 Å². The first-order chi connectivity index (χ1) is 5.74. The highest BCUT2D eigenvalue weighted by Crippen LogP contribution is 2.09. The van der Waals surface area contributed by atoms with E-state index in [9.17, 15) is 4.79 Å². The van der Waals surface area contributed by atoms with Crippen molar-refractivity contribution in [2.45, 2.75) is 25.8 Å². The first-order valence-electron chi connectivity index (χ1n) is 4.48. The maximum absolute atomic E-state index is 10.9. The predicted molar refractivity (Wildman–Crippen MR) is 47.2 cm³/mol. The number of ketones is 1. The quantitative estimate of drug-likeness (QED) is 0.625. The molecule has 1 aliphatic rings. The molecule has 0 bridgehead atoms. The fourth-order valence-electron chi connectivity index (χ4n) is 1.56. The minimum Gasteiger partial charge on any atom is -0.383 e. The van der Waals surface area contributed by atoms with Gasteiger partial charge in [0, 0.05) is 39.1 Å². The number of carbonyl (C=O) groups is 1. The topological polar surface area (TPSA) is 29.5 Å². The van der Waals surface area contributed by atoms with E-state index in [4.69, 9.17) is 4.74 Å². The van der Waals surface area contributed by atoms with Crippen LogP contribution >= 0.6 is 0 Å². The molecule has 1 atom stereocenters. The molecule has 1 fully saturated rings. The lowest BCUT2D eigenvalue weighted by Gasteiger charge is -2.31. The second kappa shape index (κ2) is 4.58. The number of hydrogen-bond acceptors (Lipinski definition) is 3. The van der Waals surface area contributed by atoms with Gasteiger partial charge in [0.05, 0.1) is 6.61 Å². The number of likely N-dealkylation sites (tertiary alicyclic amines) is 1. The smallest absolute Gasteiger partial charge is 0.135 e. The van der Waals surface area contributed by atoms with Crippen molar-refractivity contribution in [3.05, 3.63) is 0 Å². The van der Waals surface area contributed by atoms with Gasteiger partial charge in [0.15, 0.2) is 0 Å². The number of carbonyl (C=O) groups excluding carboxylic acids is 1. The third-order valence-electron chi connectivity index (χ3n) is 2.39. The molecule has 1 aliphatic heterocycles. The molecule has 3 nitrogen and oxygen atoms in total. The molecule has 0 aromatic rings. The molecule has 70 valence electrons. The van der Waals surface area contributed by atoms with E-state index in [2.05, 4.69) is 11.8 Å². The van der Waals surface area contributed by atoms with E-state index in [0.29, 0.717) is 24.7 Å². The monoisotopic (exact) mass is 171 g/mol. The molecule has 0 amide bonds. The lowest BCUT2D eigenvalue weighted by Crippen LogP contribution is -2.42. The van der Waals surface area contributed by atoms with Crippen LogP contribution in [-0.2, 0) is 9.53 Å². The molecule has 1 heterocycles. The van der Waals surface area contributed by atoms with Crippen LogP contribution < -0.4 is 0 Å². The molecule has 0 aliphatic carbocycles. The summed E-state index contributed by atoms with van der Waals surface area (Å²) in [5, 5.41) is 0. The zero-order valence-electron chi connectivity index (χ0n) is 7.88. The van der Waals surface area contributed by atoms with E-state index in [-0.39, 0.29) is 0 Å². The number of methoxy groups -OCH3 is 1. The minimum atomic E-state index is 0.399. The average molecular weight is 171 g/mol. The second-order valence-electron chi connectivity index (χ2n) is 3.38. The molecule has 3 heteroatoms. The summed E-state index contributed by atoms with van der Waals surface area (Å²) in [6.45, 7) is 4.71. The molecule has 1 rings (SSSR count). The fraction of sp³-hybridized carbons (Fsp3) is 0.889. The van der Waals surface area contributed by atoms with E-state index in [1.165, 1.54) is 0 Å². The van der Waals surface area contributed by atoms with E-state index in [1.807, 2.05) is 0 Å². The summed E-state index contributed by atoms with van der Waals surface area (Å²) in [7, 11) is 1.71. The summed E-state index contributed by atoms with van der Waals surface area (Å²) in [5.74, 6) is 0.399.